The fourth-order valence-electron chi connectivity index (χ4n) is 1.85. The molecule has 18 heavy (non-hydrogen) atoms. The molecule has 1 aromatic rings. The molecule has 5 heteroatoms. The highest BCUT2D eigenvalue weighted by Crippen LogP contribution is 2.35. The van der Waals surface area contributed by atoms with Crippen molar-refractivity contribution in [2.75, 3.05) is 20.8 Å². The summed E-state index contributed by atoms with van der Waals surface area (Å²) in [5, 5.41) is 9.19. The molecule has 5 nitrogen and oxygen atoms in total. The maximum absolute atomic E-state index is 11.2. The lowest BCUT2D eigenvalue weighted by atomic mass is 9.95. The Morgan fingerprint density at radius 1 is 1.39 bits per heavy atom. The number of carboxylic acid groups (broad SMARTS) is 1. The lowest BCUT2D eigenvalue weighted by Crippen LogP contribution is -2.08. The quantitative estimate of drug-likeness (QED) is 0.808. The zero-order valence-electron chi connectivity index (χ0n) is 10.9. The van der Waals surface area contributed by atoms with Crippen LogP contribution in [0, 0.1) is 0 Å². The van der Waals surface area contributed by atoms with Gasteiger partial charge in [-0.1, -0.05) is 6.92 Å². The maximum atomic E-state index is 11.2. The van der Waals surface area contributed by atoms with E-state index in [1.165, 1.54) is 14.2 Å². The SMILES string of the molecule is COc1cc(C(C)CCN)cc(C(=O)O)c1OC. The molecule has 100 valence electrons. The summed E-state index contributed by atoms with van der Waals surface area (Å²) in [5.41, 5.74) is 6.51. The van der Waals surface area contributed by atoms with Crippen molar-refractivity contribution < 1.29 is 19.4 Å². The summed E-state index contributed by atoms with van der Waals surface area (Å²) in [7, 11) is 2.91. The molecule has 0 bridgehead atoms. The zero-order chi connectivity index (χ0) is 13.7. The largest absolute Gasteiger partial charge is 0.493 e. The van der Waals surface area contributed by atoms with Crippen molar-refractivity contribution in [2.24, 2.45) is 5.73 Å². The molecular formula is C13H19NO4. The van der Waals surface area contributed by atoms with Crippen molar-refractivity contribution in [3.05, 3.63) is 23.3 Å². The minimum Gasteiger partial charge on any atom is -0.493 e. The Kier molecular flexibility index (Phi) is 4.97. The summed E-state index contributed by atoms with van der Waals surface area (Å²) >= 11 is 0. The van der Waals surface area contributed by atoms with Gasteiger partial charge < -0.3 is 20.3 Å². The van der Waals surface area contributed by atoms with Crippen LogP contribution in [-0.2, 0) is 0 Å². The maximum Gasteiger partial charge on any atom is 0.339 e. The van der Waals surface area contributed by atoms with E-state index < -0.39 is 5.97 Å². The van der Waals surface area contributed by atoms with Gasteiger partial charge in [0, 0.05) is 0 Å². The predicted molar refractivity (Wildman–Crippen MR) is 68.6 cm³/mol. The van der Waals surface area contributed by atoms with Gasteiger partial charge in [0.05, 0.1) is 14.2 Å². The molecule has 0 spiro atoms. The standard InChI is InChI=1S/C13H19NO4/c1-8(4-5-14)9-6-10(13(15)16)12(18-3)11(7-9)17-2/h6-8H,4-5,14H2,1-3H3,(H,15,16). The smallest absolute Gasteiger partial charge is 0.339 e. The first-order chi connectivity index (χ1) is 8.54. The second kappa shape index (κ2) is 6.26. The van der Waals surface area contributed by atoms with Crippen LogP contribution in [0.4, 0.5) is 0 Å². The Morgan fingerprint density at radius 3 is 2.50 bits per heavy atom. The van der Waals surface area contributed by atoms with Gasteiger partial charge in [-0.3, -0.25) is 0 Å². The van der Waals surface area contributed by atoms with Crippen molar-refractivity contribution in [1.82, 2.24) is 0 Å². The van der Waals surface area contributed by atoms with Crippen LogP contribution in [-0.4, -0.2) is 31.8 Å². The minimum atomic E-state index is -1.04. The van der Waals surface area contributed by atoms with Crippen LogP contribution in [0.2, 0.25) is 0 Å². The molecule has 0 aliphatic rings. The van der Waals surface area contributed by atoms with E-state index in [4.69, 9.17) is 15.2 Å². The van der Waals surface area contributed by atoms with Gasteiger partial charge in [-0.15, -0.1) is 0 Å². The van der Waals surface area contributed by atoms with E-state index in [1.54, 1.807) is 12.1 Å². The molecule has 0 radical (unpaired) electrons. The average molecular weight is 253 g/mol. The summed E-state index contributed by atoms with van der Waals surface area (Å²) in [6.45, 7) is 2.55. The normalized spacial score (nSPS) is 12.0. The molecule has 0 amide bonds. The van der Waals surface area contributed by atoms with Crippen LogP contribution in [0.25, 0.3) is 0 Å². The third-order valence-electron chi connectivity index (χ3n) is 2.90. The van der Waals surface area contributed by atoms with Crippen molar-refractivity contribution in [1.29, 1.82) is 0 Å². The monoisotopic (exact) mass is 253 g/mol. The number of benzene rings is 1. The Balaban J connectivity index is 3.31. The molecule has 0 aromatic heterocycles. The predicted octanol–water partition coefficient (Wildman–Crippen LogP) is 1.85. The van der Waals surface area contributed by atoms with Gasteiger partial charge in [0.1, 0.15) is 5.56 Å². The Hall–Kier alpha value is -1.75. The summed E-state index contributed by atoms with van der Waals surface area (Å²) in [6, 6.07) is 3.41. The number of hydrogen-bond acceptors (Lipinski definition) is 4. The van der Waals surface area contributed by atoms with Crippen molar-refractivity contribution in [3.63, 3.8) is 0 Å². The average Bonchev–Trinajstić information content (AvgIpc) is 2.37. The van der Waals surface area contributed by atoms with Gasteiger partial charge in [-0.25, -0.2) is 4.79 Å². The second-order valence-electron chi connectivity index (χ2n) is 4.09. The molecule has 1 unspecified atom stereocenters. The number of aromatic carboxylic acids is 1. The first-order valence-corrected chi connectivity index (χ1v) is 5.74. The highest BCUT2D eigenvalue weighted by Gasteiger charge is 2.19. The van der Waals surface area contributed by atoms with Crippen LogP contribution in [0.1, 0.15) is 35.2 Å². The Labute approximate surface area is 107 Å². The van der Waals surface area contributed by atoms with Gasteiger partial charge in [-0.05, 0) is 36.6 Å². The number of nitrogens with two attached hydrogens (primary N) is 1. The fraction of sp³-hybridized carbons (Fsp3) is 0.462. The van der Waals surface area contributed by atoms with Crippen LogP contribution in [0.3, 0.4) is 0 Å². The Bertz CT molecular complexity index is 431. The molecule has 0 saturated heterocycles. The molecule has 0 fully saturated rings. The highest BCUT2D eigenvalue weighted by molar-refractivity contribution is 5.92. The van der Waals surface area contributed by atoms with Gasteiger partial charge >= 0.3 is 5.97 Å². The van der Waals surface area contributed by atoms with E-state index >= 15 is 0 Å². The third-order valence-corrected chi connectivity index (χ3v) is 2.90. The molecular weight excluding hydrogens is 234 g/mol. The number of ether oxygens (including phenoxy) is 2. The van der Waals surface area contributed by atoms with Crippen molar-refractivity contribution in [2.45, 2.75) is 19.3 Å². The van der Waals surface area contributed by atoms with Crippen molar-refractivity contribution in [3.8, 4) is 11.5 Å². The van der Waals surface area contributed by atoms with E-state index in [0.717, 1.165) is 12.0 Å². The molecule has 0 aliphatic heterocycles. The number of hydrogen-bond donors (Lipinski definition) is 2. The summed E-state index contributed by atoms with van der Waals surface area (Å²) in [4.78, 5) is 11.2. The van der Waals surface area contributed by atoms with E-state index in [2.05, 4.69) is 0 Å². The summed E-state index contributed by atoms with van der Waals surface area (Å²) in [5.74, 6) is -0.190. The lowest BCUT2D eigenvalue weighted by molar-refractivity contribution is 0.0692. The van der Waals surface area contributed by atoms with Crippen LogP contribution in [0.15, 0.2) is 12.1 Å². The van der Waals surface area contributed by atoms with Crippen molar-refractivity contribution >= 4 is 5.97 Å². The highest BCUT2D eigenvalue weighted by atomic mass is 16.5. The fourth-order valence-corrected chi connectivity index (χ4v) is 1.85. The molecule has 1 atom stereocenters. The number of rotatable bonds is 6. The van der Waals surface area contributed by atoms with Gasteiger partial charge in [0.15, 0.2) is 11.5 Å². The second-order valence-corrected chi connectivity index (χ2v) is 4.09. The van der Waals surface area contributed by atoms with Crippen LogP contribution < -0.4 is 15.2 Å². The lowest BCUT2D eigenvalue weighted by Gasteiger charge is -2.16. The van der Waals surface area contributed by atoms with E-state index in [9.17, 15) is 9.90 Å². The molecule has 0 aliphatic carbocycles. The molecule has 3 N–H and O–H groups in total. The van der Waals surface area contributed by atoms with E-state index in [-0.39, 0.29) is 17.2 Å². The number of carbonyl (C=O) groups is 1. The summed E-state index contributed by atoms with van der Waals surface area (Å²) < 4.78 is 10.3. The first-order valence-electron chi connectivity index (χ1n) is 5.74. The van der Waals surface area contributed by atoms with Gasteiger partial charge in [-0.2, -0.15) is 0 Å². The van der Waals surface area contributed by atoms with Crippen LogP contribution in [0.5, 0.6) is 11.5 Å². The molecule has 1 rings (SSSR count). The number of carboxylic acids is 1. The minimum absolute atomic E-state index is 0.107. The Morgan fingerprint density at radius 2 is 2.06 bits per heavy atom. The van der Waals surface area contributed by atoms with Gasteiger partial charge in [0.2, 0.25) is 0 Å². The molecule has 0 saturated carbocycles. The third kappa shape index (κ3) is 2.92. The zero-order valence-corrected chi connectivity index (χ0v) is 10.9. The topological polar surface area (TPSA) is 81.8 Å². The van der Waals surface area contributed by atoms with E-state index in [1.807, 2.05) is 6.92 Å². The number of methoxy groups -OCH3 is 2. The first kappa shape index (κ1) is 14.3. The summed E-state index contributed by atoms with van der Waals surface area (Å²) in [6.07, 6.45) is 0.786. The van der Waals surface area contributed by atoms with Gasteiger partial charge in [0.25, 0.3) is 0 Å². The molecule has 0 heterocycles. The van der Waals surface area contributed by atoms with E-state index in [0.29, 0.717) is 12.3 Å². The molecule has 1 aromatic carbocycles. The van der Waals surface area contributed by atoms with Crippen LogP contribution >= 0.6 is 0 Å².